The van der Waals surface area contributed by atoms with Crippen LogP contribution in [-0.2, 0) is 5.54 Å². The summed E-state index contributed by atoms with van der Waals surface area (Å²) in [6, 6.07) is 13.2. The number of halogens is 1. The number of benzene rings is 2. The number of fused-ring (bicyclic) bond motifs is 2. The Balaban J connectivity index is 1.46. The first-order chi connectivity index (χ1) is 16.2. The van der Waals surface area contributed by atoms with Crippen molar-refractivity contribution in [3.63, 3.8) is 0 Å². The van der Waals surface area contributed by atoms with Crippen LogP contribution in [0.2, 0.25) is 0 Å². The molecule has 1 amide bonds. The molecule has 0 spiro atoms. The van der Waals surface area contributed by atoms with Crippen molar-refractivity contribution in [1.29, 1.82) is 0 Å². The number of carbonyl (C=O) groups excluding carboxylic acids is 1. The number of H-pyrrole nitrogens is 1. The Morgan fingerprint density at radius 3 is 2.74 bits per heavy atom. The maximum Gasteiger partial charge on any atom is 0.255 e. The van der Waals surface area contributed by atoms with Crippen LogP contribution in [0.5, 0.6) is 0 Å². The highest BCUT2D eigenvalue weighted by atomic mass is 19.1. The number of anilines is 1. The second kappa shape index (κ2) is 8.22. The summed E-state index contributed by atoms with van der Waals surface area (Å²) in [7, 11) is 0. The second-order valence-corrected chi connectivity index (χ2v) is 9.25. The third-order valence-electron chi connectivity index (χ3n) is 6.42. The summed E-state index contributed by atoms with van der Waals surface area (Å²) in [6.07, 6.45) is 1.97. The fourth-order valence-corrected chi connectivity index (χ4v) is 4.47. The summed E-state index contributed by atoms with van der Waals surface area (Å²) in [5.74, 6) is -0.630. The van der Waals surface area contributed by atoms with Gasteiger partial charge >= 0.3 is 0 Å². The van der Waals surface area contributed by atoms with Gasteiger partial charge in [0.25, 0.3) is 5.91 Å². The number of aliphatic hydroxyl groups is 1. The van der Waals surface area contributed by atoms with Gasteiger partial charge in [0.05, 0.1) is 22.7 Å². The molecule has 1 saturated heterocycles. The zero-order chi connectivity index (χ0) is 24.0. The van der Waals surface area contributed by atoms with Crippen LogP contribution < -0.4 is 15.6 Å². The molecule has 0 bridgehead atoms. The minimum atomic E-state index is -0.828. The van der Waals surface area contributed by atoms with E-state index in [-0.39, 0.29) is 22.5 Å². The number of nitrogens with zero attached hydrogens (tertiary/aromatic N) is 2. The van der Waals surface area contributed by atoms with E-state index in [4.69, 9.17) is 0 Å². The van der Waals surface area contributed by atoms with E-state index in [2.05, 4.69) is 15.3 Å². The Labute approximate surface area is 195 Å². The molecule has 174 valence electrons. The molecule has 1 atom stereocenters. The summed E-state index contributed by atoms with van der Waals surface area (Å²) < 4.78 is 15.0. The van der Waals surface area contributed by atoms with Gasteiger partial charge in [-0.1, -0.05) is 12.1 Å². The number of hydrogen-bond donors (Lipinski definition) is 3. The smallest absolute Gasteiger partial charge is 0.255 e. The van der Waals surface area contributed by atoms with Crippen molar-refractivity contribution >= 4 is 33.5 Å². The van der Waals surface area contributed by atoms with Crippen LogP contribution in [-0.4, -0.2) is 40.2 Å². The molecule has 2 aromatic heterocycles. The second-order valence-electron chi connectivity index (χ2n) is 9.25. The maximum absolute atomic E-state index is 15.0. The van der Waals surface area contributed by atoms with Crippen LogP contribution in [0, 0.1) is 5.82 Å². The molecule has 1 unspecified atom stereocenters. The molecule has 0 saturated carbocycles. The minimum Gasteiger partial charge on any atom is -0.391 e. The summed E-state index contributed by atoms with van der Waals surface area (Å²) in [5, 5.41) is 13.4. The van der Waals surface area contributed by atoms with Crippen molar-refractivity contribution in [2.45, 2.75) is 31.9 Å². The van der Waals surface area contributed by atoms with Gasteiger partial charge in [0.1, 0.15) is 11.6 Å². The third kappa shape index (κ3) is 3.90. The average Bonchev–Trinajstić information content (AvgIpc) is 3.25. The number of pyridine rings is 2. The molecular weight excluding hydrogens is 435 g/mol. The Morgan fingerprint density at radius 1 is 1.18 bits per heavy atom. The van der Waals surface area contributed by atoms with E-state index < -0.39 is 17.3 Å². The average molecular weight is 461 g/mol. The van der Waals surface area contributed by atoms with Crippen LogP contribution in [0.25, 0.3) is 21.8 Å². The first kappa shape index (κ1) is 22.0. The zero-order valence-corrected chi connectivity index (χ0v) is 18.9. The summed E-state index contributed by atoms with van der Waals surface area (Å²) >= 11 is 0. The molecule has 8 heteroatoms. The lowest BCUT2D eigenvalue weighted by Crippen LogP contribution is -2.41. The van der Waals surface area contributed by atoms with Crippen molar-refractivity contribution in [3.8, 4) is 0 Å². The molecule has 0 radical (unpaired) electrons. The molecular formula is C26H25FN4O3. The number of carbonyl (C=O) groups is 1. The van der Waals surface area contributed by atoms with Crippen LogP contribution >= 0.6 is 0 Å². The zero-order valence-electron chi connectivity index (χ0n) is 18.9. The fourth-order valence-electron chi connectivity index (χ4n) is 4.47. The standard InChI is InChI=1S/C26H25FN4O3/c1-26(2,15-7-9-28-23(11-15)31-10-8-16(32)14-31)30-25(34)18-13-22-19(12-20(18)27)24(33)17-5-3-4-6-21(17)29-22/h3-7,9,11-13,16,32H,8,10,14H2,1-2H3,(H,29,33)(H,30,34). The van der Waals surface area contributed by atoms with Crippen LogP contribution in [0.3, 0.4) is 0 Å². The number of para-hydroxylation sites is 1. The molecule has 34 heavy (non-hydrogen) atoms. The summed E-state index contributed by atoms with van der Waals surface area (Å²) in [5.41, 5.74) is 0.551. The van der Waals surface area contributed by atoms with E-state index in [1.165, 1.54) is 6.07 Å². The van der Waals surface area contributed by atoms with Crippen LogP contribution in [0.15, 0.2) is 59.5 Å². The molecule has 1 aliphatic rings. The monoisotopic (exact) mass is 460 g/mol. The SMILES string of the molecule is CC(C)(NC(=O)c1cc2[nH]c3ccccc3c(=O)c2cc1F)c1ccnc(N2CCC(O)C2)c1. The first-order valence-corrected chi connectivity index (χ1v) is 11.2. The lowest BCUT2D eigenvalue weighted by atomic mass is 9.94. The molecule has 3 N–H and O–H groups in total. The molecule has 7 nitrogen and oxygen atoms in total. The summed E-state index contributed by atoms with van der Waals surface area (Å²) in [6.45, 7) is 4.88. The number of hydrogen-bond acceptors (Lipinski definition) is 5. The Hall–Kier alpha value is -3.78. The van der Waals surface area contributed by atoms with E-state index in [0.717, 1.165) is 17.4 Å². The maximum atomic E-state index is 15.0. The van der Waals surface area contributed by atoms with E-state index >= 15 is 0 Å². The van der Waals surface area contributed by atoms with Crippen molar-refractivity contribution in [2.24, 2.45) is 0 Å². The summed E-state index contributed by atoms with van der Waals surface area (Å²) in [4.78, 5) is 35.4. The van der Waals surface area contributed by atoms with Crippen molar-refractivity contribution in [1.82, 2.24) is 15.3 Å². The van der Waals surface area contributed by atoms with Gasteiger partial charge < -0.3 is 20.3 Å². The molecule has 3 heterocycles. The van der Waals surface area contributed by atoms with Crippen molar-refractivity contribution in [2.75, 3.05) is 18.0 Å². The van der Waals surface area contributed by atoms with Gasteiger partial charge in [0, 0.05) is 35.6 Å². The van der Waals surface area contributed by atoms with Gasteiger partial charge in [0.2, 0.25) is 0 Å². The number of aromatic amines is 1. The van der Waals surface area contributed by atoms with E-state index in [1.807, 2.05) is 24.8 Å². The highest BCUT2D eigenvalue weighted by molar-refractivity contribution is 6.00. The lowest BCUT2D eigenvalue weighted by Gasteiger charge is -2.28. The number of rotatable bonds is 4. The van der Waals surface area contributed by atoms with E-state index in [1.54, 1.807) is 36.5 Å². The molecule has 5 rings (SSSR count). The topological polar surface area (TPSA) is 98.3 Å². The first-order valence-electron chi connectivity index (χ1n) is 11.2. The molecule has 1 aliphatic heterocycles. The van der Waals surface area contributed by atoms with E-state index in [0.29, 0.717) is 35.9 Å². The quantitative estimate of drug-likeness (QED) is 0.405. The van der Waals surface area contributed by atoms with Gasteiger partial charge in [-0.25, -0.2) is 9.37 Å². The van der Waals surface area contributed by atoms with Gasteiger partial charge in [-0.05, 0) is 62.2 Å². The van der Waals surface area contributed by atoms with Gasteiger partial charge in [-0.3, -0.25) is 9.59 Å². The van der Waals surface area contributed by atoms with E-state index in [9.17, 15) is 19.1 Å². The fraction of sp³-hybridized carbons (Fsp3) is 0.269. The predicted molar refractivity (Wildman–Crippen MR) is 130 cm³/mol. The Kier molecular flexibility index (Phi) is 5.32. The van der Waals surface area contributed by atoms with Crippen LogP contribution in [0.1, 0.15) is 36.2 Å². The number of amides is 1. The molecule has 4 aromatic rings. The number of β-amino-alcohol motifs (C(OH)–C–C–N with tert-alkyl or cyclic N) is 1. The number of aliphatic hydroxyl groups excluding tert-OH is 1. The van der Waals surface area contributed by atoms with Crippen LogP contribution in [0.4, 0.5) is 10.2 Å². The Morgan fingerprint density at radius 2 is 1.97 bits per heavy atom. The highest BCUT2D eigenvalue weighted by Crippen LogP contribution is 2.27. The van der Waals surface area contributed by atoms with Crippen molar-refractivity contribution in [3.05, 3.63) is 81.9 Å². The van der Waals surface area contributed by atoms with Crippen molar-refractivity contribution < 1.29 is 14.3 Å². The predicted octanol–water partition coefficient (Wildman–Crippen LogP) is 3.45. The molecule has 1 fully saturated rings. The number of aromatic nitrogens is 2. The Bertz CT molecular complexity index is 1480. The lowest BCUT2D eigenvalue weighted by molar-refractivity contribution is 0.0908. The number of nitrogens with one attached hydrogen (secondary N) is 2. The van der Waals surface area contributed by atoms with Gasteiger partial charge in [-0.15, -0.1) is 0 Å². The third-order valence-corrected chi connectivity index (χ3v) is 6.42. The normalized spacial score (nSPS) is 16.4. The molecule has 0 aliphatic carbocycles. The van der Waals surface area contributed by atoms with Gasteiger partial charge in [0.15, 0.2) is 5.43 Å². The highest BCUT2D eigenvalue weighted by Gasteiger charge is 2.28. The van der Waals surface area contributed by atoms with Gasteiger partial charge in [-0.2, -0.15) is 0 Å². The largest absolute Gasteiger partial charge is 0.391 e. The minimum absolute atomic E-state index is 0.150. The molecule has 2 aromatic carbocycles.